The number of nitro benzene ring substituents is 1. The van der Waals surface area contributed by atoms with Crippen LogP contribution >= 0.6 is 22.9 Å². The molecule has 0 aliphatic carbocycles. The largest absolute Gasteiger partial charge is 0.448 e. The second-order valence-electron chi connectivity index (χ2n) is 6.74. The topological polar surface area (TPSA) is 121 Å². The number of carbonyl (C=O) groups is 1. The van der Waals surface area contributed by atoms with Crippen LogP contribution in [0.25, 0.3) is 22.0 Å². The number of hydrogen-bond donors (Lipinski definition) is 0. The van der Waals surface area contributed by atoms with Crippen LogP contribution in [0.5, 0.6) is 0 Å². The Balaban J connectivity index is 1.47. The Labute approximate surface area is 190 Å². The maximum Gasteiger partial charge on any atom is 0.351 e. The second-order valence-corrected chi connectivity index (χ2v) is 8.17. The molecule has 2 heterocycles. The number of ether oxygens (including phenoxy) is 1. The monoisotopic (exact) mass is 470 g/mol. The molecule has 0 fully saturated rings. The Hall–Kier alpha value is -3.63. The number of aromatic nitrogens is 3. The van der Waals surface area contributed by atoms with Crippen molar-refractivity contribution in [2.75, 3.05) is 0 Å². The maximum absolute atomic E-state index is 12.7. The number of non-ortho nitro benzene ring substituents is 1. The number of esters is 1. The highest BCUT2D eigenvalue weighted by Gasteiger charge is 2.24. The van der Waals surface area contributed by atoms with Crippen molar-refractivity contribution >= 4 is 34.6 Å². The molecule has 0 saturated carbocycles. The lowest BCUT2D eigenvalue weighted by molar-refractivity contribution is -0.384. The van der Waals surface area contributed by atoms with E-state index in [2.05, 4.69) is 15.2 Å². The van der Waals surface area contributed by atoms with Gasteiger partial charge in [0.1, 0.15) is 9.88 Å². The first-order chi connectivity index (χ1) is 15.3. The number of nitrogens with zero attached hydrogens (tertiary/aromatic N) is 4. The molecule has 9 nitrogen and oxygen atoms in total. The summed E-state index contributed by atoms with van der Waals surface area (Å²) in [6, 6.07) is 12.9. The average Bonchev–Trinajstić information content (AvgIpc) is 3.42. The van der Waals surface area contributed by atoms with E-state index < -0.39 is 17.0 Å². The lowest BCUT2D eigenvalue weighted by Gasteiger charge is -2.08. The summed E-state index contributed by atoms with van der Waals surface area (Å²) < 4.78 is 11.1. The molecule has 162 valence electrons. The van der Waals surface area contributed by atoms with Gasteiger partial charge >= 0.3 is 5.97 Å². The molecule has 1 atom stereocenters. The van der Waals surface area contributed by atoms with Gasteiger partial charge in [0.2, 0.25) is 5.89 Å². The SMILES string of the molecule is Cc1nc(-c2ccc(Cl)cc2)sc1C(=O)OC(C)c1nnc(-c2ccc([N+](=O)[O-])cc2)o1. The zero-order chi connectivity index (χ0) is 22.8. The Bertz CT molecular complexity index is 1280. The van der Waals surface area contributed by atoms with E-state index in [1.54, 1.807) is 26.0 Å². The van der Waals surface area contributed by atoms with Gasteiger partial charge in [-0.15, -0.1) is 21.5 Å². The molecular formula is C21H15ClN4O5S. The minimum Gasteiger partial charge on any atom is -0.448 e. The highest BCUT2D eigenvalue weighted by atomic mass is 35.5. The number of carbonyl (C=O) groups excluding carboxylic acids is 1. The predicted molar refractivity (Wildman–Crippen MR) is 118 cm³/mol. The number of benzene rings is 2. The standard InChI is InChI=1S/C21H15ClN4O5S/c1-11-17(32-20(23-11)14-3-7-15(22)8-4-14)21(27)30-12(2)18-24-25-19(31-18)13-5-9-16(10-6-13)26(28)29/h3-10,12H,1-2H3. The number of halogens is 1. The molecule has 32 heavy (non-hydrogen) atoms. The zero-order valence-corrected chi connectivity index (χ0v) is 18.4. The highest BCUT2D eigenvalue weighted by molar-refractivity contribution is 7.17. The quantitative estimate of drug-likeness (QED) is 0.201. The van der Waals surface area contributed by atoms with Crippen LogP contribution in [0.2, 0.25) is 5.02 Å². The van der Waals surface area contributed by atoms with E-state index >= 15 is 0 Å². The minimum atomic E-state index is -0.803. The van der Waals surface area contributed by atoms with Crippen molar-refractivity contribution in [3.63, 3.8) is 0 Å². The van der Waals surface area contributed by atoms with Gasteiger partial charge < -0.3 is 9.15 Å². The minimum absolute atomic E-state index is 0.0475. The molecule has 0 saturated heterocycles. The average molecular weight is 471 g/mol. The van der Waals surface area contributed by atoms with Gasteiger partial charge in [0.15, 0.2) is 6.10 Å². The first kappa shape index (κ1) is 21.6. The lowest BCUT2D eigenvalue weighted by Crippen LogP contribution is -2.09. The van der Waals surface area contributed by atoms with Gasteiger partial charge in [-0.3, -0.25) is 10.1 Å². The van der Waals surface area contributed by atoms with E-state index in [1.807, 2.05) is 12.1 Å². The van der Waals surface area contributed by atoms with E-state index in [-0.39, 0.29) is 17.5 Å². The van der Waals surface area contributed by atoms with Crippen LogP contribution in [0, 0.1) is 17.0 Å². The predicted octanol–water partition coefficient (Wildman–Crippen LogP) is 5.65. The van der Waals surface area contributed by atoms with Gasteiger partial charge in [-0.1, -0.05) is 23.7 Å². The summed E-state index contributed by atoms with van der Waals surface area (Å²) >= 11 is 7.14. The summed E-state index contributed by atoms with van der Waals surface area (Å²) in [4.78, 5) is 27.8. The number of rotatable bonds is 6. The Morgan fingerprint density at radius 2 is 1.78 bits per heavy atom. The maximum atomic E-state index is 12.7. The smallest absolute Gasteiger partial charge is 0.351 e. The van der Waals surface area contributed by atoms with Gasteiger partial charge in [-0.05, 0) is 38.1 Å². The summed E-state index contributed by atoms with van der Waals surface area (Å²) in [5, 5.41) is 19.9. The molecule has 0 radical (unpaired) electrons. The van der Waals surface area contributed by atoms with Crippen molar-refractivity contribution in [3.8, 4) is 22.0 Å². The first-order valence-electron chi connectivity index (χ1n) is 9.34. The van der Waals surface area contributed by atoms with E-state index in [9.17, 15) is 14.9 Å². The fourth-order valence-electron chi connectivity index (χ4n) is 2.81. The van der Waals surface area contributed by atoms with E-state index in [4.69, 9.17) is 20.8 Å². The third-order valence-corrected chi connectivity index (χ3v) is 5.91. The van der Waals surface area contributed by atoms with Crippen molar-refractivity contribution in [2.45, 2.75) is 20.0 Å². The van der Waals surface area contributed by atoms with E-state index in [0.29, 0.717) is 26.2 Å². The molecule has 4 aromatic rings. The summed E-state index contributed by atoms with van der Waals surface area (Å²) in [6.45, 7) is 3.35. The van der Waals surface area contributed by atoms with Crippen molar-refractivity contribution in [1.29, 1.82) is 0 Å². The molecule has 0 aliphatic heterocycles. The van der Waals surface area contributed by atoms with Crippen LogP contribution in [0.4, 0.5) is 5.69 Å². The molecular weight excluding hydrogens is 456 g/mol. The number of aryl methyl sites for hydroxylation is 1. The molecule has 0 spiro atoms. The summed E-state index contributed by atoms with van der Waals surface area (Å²) in [7, 11) is 0. The Morgan fingerprint density at radius 1 is 1.12 bits per heavy atom. The molecule has 2 aromatic heterocycles. The third kappa shape index (κ3) is 4.51. The molecule has 0 aliphatic rings. The molecule has 1 unspecified atom stereocenters. The normalized spacial score (nSPS) is 11.8. The Morgan fingerprint density at radius 3 is 2.44 bits per heavy atom. The van der Waals surface area contributed by atoms with E-state index in [0.717, 1.165) is 5.56 Å². The fraction of sp³-hybridized carbons (Fsp3) is 0.143. The summed E-state index contributed by atoms with van der Waals surface area (Å²) in [5.41, 5.74) is 1.86. The fourth-order valence-corrected chi connectivity index (χ4v) is 3.89. The van der Waals surface area contributed by atoms with Crippen LogP contribution in [0.3, 0.4) is 0 Å². The van der Waals surface area contributed by atoms with Crippen molar-refractivity contribution in [2.24, 2.45) is 0 Å². The number of hydrogen-bond acceptors (Lipinski definition) is 9. The van der Waals surface area contributed by atoms with Crippen molar-refractivity contribution in [3.05, 3.63) is 80.1 Å². The van der Waals surface area contributed by atoms with Gasteiger partial charge in [0.05, 0.1) is 10.6 Å². The lowest BCUT2D eigenvalue weighted by atomic mass is 10.2. The summed E-state index contributed by atoms with van der Waals surface area (Å²) in [6.07, 6.45) is -0.803. The highest BCUT2D eigenvalue weighted by Crippen LogP contribution is 2.31. The van der Waals surface area contributed by atoms with Gasteiger partial charge in [0, 0.05) is 28.3 Å². The van der Waals surface area contributed by atoms with Gasteiger partial charge in [0.25, 0.3) is 11.6 Å². The van der Waals surface area contributed by atoms with Crippen LogP contribution in [-0.4, -0.2) is 26.1 Å². The van der Waals surface area contributed by atoms with Gasteiger partial charge in [-0.2, -0.15) is 0 Å². The second kappa shape index (κ2) is 8.85. The van der Waals surface area contributed by atoms with Crippen LogP contribution < -0.4 is 0 Å². The molecule has 0 amide bonds. The van der Waals surface area contributed by atoms with E-state index in [1.165, 1.54) is 35.6 Å². The molecule has 4 rings (SSSR count). The number of thiazole rings is 1. The van der Waals surface area contributed by atoms with Crippen molar-refractivity contribution < 1.29 is 18.9 Å². The first-order valence-corrected chi connectivity index (χ1v) is 10.5. The van der Waals surface area contributed by atoms with Crippen LogP contribution in [0.1, 0.15) is 34.3 Å². The molecule has 0 N–H and O–H groups in total. The molecule has 0 bridgehead atoms. The molecule has 11 heteroatoms. The van der Waals surface area contributed by atoms with Crippen LogP contribution in [0.15, 0.2) is 52.9 Å². The molecule has 2 aromatic carbocycles. The van der Waals surface area contributed by atoms with Gasteiger partial charge in [-0.25, -0.2) is 9.78 Å². The van der Waals surface area contributed by atoms with Crippen LogP contribution in [-0.2, 0) is 4.74 Å². The Kier molecular flexibility index (Phi) is 5.97. The third-order valence-electron chi connectivity index (χ3n) is 4.47. The zero-order valence-electron chi connectivity index (χ0n) is 16.8. The summed E-state index contributed by atoms with van der Waals surface area (Å²) in [5.74, 6) is -0.286. The van der Waals surface area contributed by atoms with Crippen molar-refractivity contribution in [1.82, 2.24) is 15.2 Å². The number of nitro groups is 1.